The fourth-order valence-corrected chi connectivity index (χ4v) is 1.99. The Balaban J connectivity index is 2.00. The lowest BCUT2D eigenvalue weighted by atomic mass is 10.1. The molecule has 0 unspecified atom stereocenters. The zero-order chi connectivity index (χ0) is 13.6. The summed E-state index contributed by atoms with van der Waals surface area (Å²) < 4.78 is 10.6. The Morgan fingerprint density at radius 2 is 1.95 bits per heavy atom. The maximum Gasteiger partial charge on any atom is 0.328 e. The molecular formula is C13H12N2O4. The number of rotatable bonds is 1. The number of fused-ring (bicyclic) bond motifs is 1. The maximum atomic E-state index is 11.8. The Bertz CT molecular complexity index is 621. The van der Waals surface area contributed by atoms with Gasteiger partial charge in [-0.3, -0.25) is 9.69 Å². The van der Waals surface area contributed by atoms with Gasteiger partial charge in [0, 0.05) is 7.05 Å². The fraction of sp³-hybridized carbons (Fsp3) is 0.231. The quantitative estimate of drug-likeness (QED) is 0.609. The molecule has 2 heterocycles. The minimum absolute atomic E-state index is 0.202. The number of nitrogens with one attached hydrogen (secondary N) is 1. The van der Waals surface area contributed by atoms with Crippen LogP contribution in [0.15, 0.2) is 17.8 Å². The molecule has 98 valence electrons. The van der Waals surface area contributed by atoms with Gasteiger partial charge in [-0.25, -0.2) is 4.79 Å². The van der Waals surface area contributed by atoms with E-state index < -0.39 is 6.03 Å². The van der Waals surface area contributed by atoms with Crippen molar-refractivity contribution < 1.29 is 19.1 Å². The number of urea groups is 1. The van der Waals surface area contributed by atoms with E-state index in [0.29, 0.717) is 11.5 Å². The van der Waals surface area contributed by atoms with Crippen LogP contribution in [-0.2, 0) is 4.79 Å². The van der Waals surface area contributed by atoms with Gasteiger partial charge in [0.15, 0.2) is 11.5 Å². The van der Waals surface area contributed by atoms with Crippen LogP contribution >= 0.6 is 0 Å². The van der Waals surface area contributed by atoms with E-state index in [9.17, 15) is 9.59 Å². The molecule has 1 N–H and O–H groups in total. The van der Waals surface area contributed by atoms with E-state index in [1.54, 1.807) is 12.1 Å². The molecule has 3 amide bonds. The number of hydrogen-bond donors (Lipinski definition) is 1. The highest BCUT2D eigenvalue weighted by Crippen LogP contribution is 2.35. The van der Waals surface area contributed by atoms with Gasteiger partial charge in [0.2, 0.25) is 6.79 Å². The van der Waals surface area contributed by atoms with Gasteiger partial charge in [0.25, 0.3) is 5.91 Å². The summed E-state index contributed by atoms with van der Waals surface area (Å²) in [5.41, 5.74) is 2.01. The Morgan fingerprint density at radius 3 is 2.58 bits per heavy atom. The van der Waals surface area contributed by atoms with E-state index in [0.717, 1.165) is 16.0 Å². The molecule has 2 aliphatic rings. The smallest absolute Gasteiger partial charge is 0.328 e. The van der Waals surface area contributed by atoms with Crippen molar-refractivity contribution in [3.05, 3.63) is 29.0 Å². The van der Waals surface area contributed by atoms with Gasteiger partial charge >= 0.3 is 6.03 Å². The summed E-state index contributed by atoms with van der Waals surface area (Å²) in [4.78, 5) is 24.2. The molecule has 0 bridgehead atoms. The summed E-state index contributed by atoms with van der Waals surface area (Å²) in [6.07, 6.45) is 1.64. The highest BCUT2D eigenvalue weighted by molar-refractivity contribution is 6.13. The standard InChI is InChI=1S/C13H12N2O4/c1-7-3-10-11(19-6-18-10)5-8(7)4-9-12(16)15(2)13(17)14-9/h3-5H,6H2,1-2H3,(H,14,17)/b9-4+. The Hall–Kier alpha value is -2.50. The fourth-order valence-electron chi connectivity index (χ4n) is 1.99. The topological polar surface area (TPSA) is 67.9 Å². The minimum Gasteiger partial charge on any atom is -0.454 e. The van der Waals surface area contributed by atoms with Crippen LogP contribution in [0, 0.1) is 6.92 Å². The van der Waals surface area contributed by atoms with Crippen LogP contribution in [0.5, 0.6) is 11.5 Å². The predicted molar refractivity (Wildman–Crippen MR) is 66.6 cm³/mol. The first-order valence-corrected chi connectivity index (χ1v) is 5.77. The predicted octanol–water partition coefficient (Wildman–Crippen LogP) is 1.25. The number of carbonyl (C=O) groups is 2. The van der Waals surface area contributed by atoms with Crippen LogP contribution in [0.4, 0.5) is 4.79 Å². The van der Waals surface area contributed by atoms with E-state index in [1.165, 1.54) is 7.05 Å². The molecule has 1 fully saturated rings. The number of amides is 3. The molecule has 0 spiro atoms. The number of likely N-dealkylation sites (N-methyl/N-ethyl adjacent to an activating group) is 1. The molecule has 2 aliphatic heterocycles. The lowest BCUT2D eigenvalue weighted by molar-refractivity contribution is -0.121. The first-order chi connectivity index (χ1) is 9.06. The molecular weight excluding hydrogens is 248 g/mol. The van der Waals surface area contributed by atoms with Crippen molar-refractivity contribution in [1.29, 1.82) is 0 Å². The summed E-state index contributed by atoms with van der Waals surface area (Å²) in [6, 6.07) is 3.22. The summed E-state index contributed by atoms with van der Waals surface area (Å²) in [7, 11) is 1.44. The van der Waals surface area contributed by atoms with E-state index in [-0.39, 0.29) is 18.4 Å². The van der Waals surface area contributed by atoms with Gasteiger partial charge in [0.1, 0.15) is 5.70 Å². The Kier molecular flexibility index (Phi) is 2.45. The zero-order valence-electron chi connectivity index (χ0n) is 10.5. The number of benzene rings is 1. The van der Waals surface area contributed by atoms with E-state index in [4.69, 9.17) is 9.47 Å². The summed E-state index contributed by atoms with van der Waals surface area (Å²) >= 11 is 0. The molecule has 0 atom stereocenters. The van der Waals surface area contributed by atoms with Crippen molar-refractivity contribution in [2.45, 2.75) is 6.92 Å². The Morgan fingerprint density at radius 1 is 1.26 bits per heavy atom. The van der Waals surface area contributed by atoms with Crippen LogP contribution in [0.2, 0.25) is 0 Å². The highest BCUT2D eigenvalue weighted by Gasteiger charge is 2.30. The van der Waals surface area contributed by atoms with Crippen molar-refractivity contribution in [3.8, 4) is 11.5 Å². The van der Waals surface area contributed by atoms with Crippen molar-refractivity contribution in [2.24, 2.45) is 0 Å². The SMILES string of the molecule is Cc1cc2c(cc1/C=C1/NC(=O)N(C)C1=O)OCO2. The van der Waals surface area contributed by atoms with Gasteiger partial charge in [-0.2, -0.15) is 0 Å². The molecule has 0 radical (unpaired) electrons. The number of nitrogens with zero attached hydrogens (tertiary/aromatic N) is 1. The largest absolute Gasteiger partial charge is 0.454 e. The molecule has 1 aromatic carbocycles. The highest BCUT2D eigenvalue weighted by atomic mass is 16.7. The maximum absolute atomic E-state index is 11.8. The third-order valence-electron chi connectivity index (χ3n) is 3.14. The lowest BCUT2D eigenvalue weighted by Crippen LogP contribution is -2.25. The second-order valence-corrected chi connectivity index (χ2v) is 4.41. The zero-order valence-corrected chi connectivity index (χ0v) is 10.5. The average Bonchev–Trinajstić information content (AvgIpc) is 2.91. The summed E-state index contributed by atoms with van der Waals surface area (Å²) in [5, 5.41) is 2.52. The number of carbonyl (C=O) groups excluding carboxylic acids is 2. The van der Waals surface area contributed by atoms with Crippen LogP contribution in [-0.4, -0.2) is 30.7 Å². The molecule has 19 heavy (non-hydrogen) atoms. The number of imide groups is 1. The van der Waals surface area contributed by atoms with Gasteiger partial charge < -0.3 is 14.8 Å². The van der Waals surface area contributed by atoms with Gasteiger partial charge in [-0.05, 0) is 36.3 Å². The minimum atomic E-state index is -0.422. The number of aryl methyl sites for hydroxylation is 1. The third kappa shape index (κ3) is 1.81. The van der Waals surface area contributed by atoms with Crippen LogP contribution in [0.25, 0.3) is 6.08 Å². The van der Waals surface area contributed by atoms with Crippen LogP contribution < -0.4 is 14.8 Å². The molecule has 1 aromatic rings. The molecule has 6 nitrogen and oxygen atoms in total. The molecule has 1 saturated heterocycles. The van der Waals surface area contributed by atoms with Gasteiger partial charge in [0.05, 0.1) is 0 Å². The lowest BCUT2D eigenvalue weighted by Gasteiger charge is -2.04. The van der Waals surface area contributed by atoms with Crippen molar-refractivity contribution in [3.63, 3.8) is 0 Å². The monoisotopic (exact) mass is 260 g/mol. The second-order valence-electron chi connectivity index (χ2n) is 4.41. The molecule has 3 rings (SSSR count). The van der Waals surface area contributed by atoms with E-state index >= 15 is 0 Å². The van der Waals surface area contributed by atoms with E-state index in [2.05, 4.69) is 5.32 Å². The second kappa shape index (κ2) is 4.01. The third-order valence-corrected chi connectivity index (χ3v) is 3.14. The molecule has 0 aromatic heterocycles. The average molecular weight is 260 g/mol. The molecule has 6 heteroatoms. The first kappa shape index (κ1) is 11.6. The summed E-state index contributed by atoms with van der Waals surface area (Å²) in [6.45, 7) is 2.10. The van der Waals surface area contributed by atoms with Crippen molar-refractivity contribution >= 4 is 18.0 Å². The molecule has 0 saturated carbocycles. The normalized spacial score (nSPS) is 19.3. The van der Waals surface area contributed by atoms with Crippen molar-refractivity contribution in [2.75, 3.05) is 13.8 Å². The van der Waals surface area contributed by atoms with Crippen molar-refractivity contribution in [1.82, 2.24) is 10.2 Å². The summed E-state index contributed by atoms with van der Waals surface area (Å²) in [5.74, 6) is 0.989. The molecule has 0 aliphatic carbocycles. The van der Waals surface area contributed by atoms with Crippen LogP contribution in [0.3, 0.4) is 0 Å². The van der Waals surface area contributed by atoms with Gasteiger partial charge in [-0.15, -0.1) is 0 Å². The van der Waals surface area contributed by atoms with E-state index in [1.807, 2.05) is 13.0 Å². The number of hydrogen-bond acceptors (Lipinski definition) is 4. The number of ether oxygens (including phenoxy) is 2. The van der Waals surface area contributed by atoms with Gasteiger partial charge in [-0.1, -0.05) is 0 Å². The Labute approximate surface area is 109 Å². The van der Waals surface area contributed by atoms with Crippen LogP contribution in [0.1, 0.15) is 11.1 Å². The first-order valence-electron chi connectivity index (χ1n) is 5.77.